The summed E-state index contributed by atoms with van der Waals surface area (Å²) in [6, 6.07) is 55.9. The van der Waals surface area contributed by atoms with Crippen molar-refractivity contribution in [2.24, 2.45) is 0 Å². The molecule has 0 heterocycles. The van der Waals surface area contributed by atoms with E-state index in [-0.39, 0.29) is 0 Å². The molecule has 0 radical (unpaired) electrons. The molecule has 308 valence electrons. The van der Waals surface area contributed by atoms with Crippen LogP contribution in [0.4, 0.5) is 0 Å². The van der Waals surface area contributed by atoms with Crippen LogP contribution in [-0.2, 0) is 25.7 Å². The molecule has 0 bridgehead atoms. The Kier molecular flexibility index (Phi) is 14.8. The summed E-state index contributed by atoms with van der Waals surface area (Å²) in [5, 5.41) is 5.33. The van der Waals surface area contributed by atoms with Gasteiger partial charge in [0, 0.05) is 0 Å². The lowest BCUT2D eigenvalue weighted by atomic mass is 10.0. The Bertz CT molecular complexity index is 2900. The summed E-state index contributed by atoms with van der Waals surface area (Å²) in [7, 11) is 0. The molecule has 0 unspecified atom stereocenters. The van der Waals surface area contributed by atoms with Gasteiger partial charge in [-0.2, -0.15) is 0 Å². The minimum atomic E-state index is 1.12. The highest BCUT2D eigenvalue weighted by molar-refractivity contribution is 5.85. The van der Waals surface area contributed by atoms with E-state index in [9.17, 15) is 0 Å². The van der Waals surface area contributed by atoms with Crippen LogP contribution >= 0.6 is 0 Å². The SMILES string of the molecule is Cc1ccc2c(c1)C=CC2.Cc1ccc2c(c1)CC=C2.Cc1ccc2ccccc2c1.Cc1cccc2c1C=CC2.Cc1cccc2c1CC=C2.Cc1cccc2ccccc12. The van der Waals surface area contributed by atoms with E-state index >= 15 is 0 Å². The second kappa shape index (κ2) is 21.2. The largest absolute Gasteiger partial charge is 0.0795 e. The maximum Gasteiger partial charge on any atom is -0.00855 e. The molecule has 0 heteroatoms. The average Bonchev–Trinajstić information content (AvgIpc) is 4.14. The number of allylic oxidation sites excluding steroid dienone is 4. The zero-order chi connectivity index (χ0) is 43.3. The van der Waals surface area contributed by atoms with Crippen molar-refractivity contribution in [3.05, 3.63) is 260 Å². The molecule has 62 heavy (non-hydrogen) atoms. The molecule has 0 amide bonds. The molecular weight excluding hydrogens is 745 g/mol. The van der Waals surface area contributed by atoms with E-state index in [1.54, 1.807) is 0 Å². The van der Waals surface area contributed by atoms with Crippen molar-refractivity contribution in [1.29, 1.82) is 0 Å². The summed E-state index contributed by atoms with van der Waals surface area (Å²) in [6.07, 6.45) is 22.2. The Balaban J connectivity index is 0.000000112. The van der Waals surface area contributed by atoms with Gasteiger partial charge in [0.05, 0.1) is 0 Å². The lowest BCUT2D eigenvalue weighted by molar-refractivity contribution is 1.24. The van der Waals surface area contributed by atoms with E-state index < -0.39 is 0 Å². The number of rotatable bonds is 0. The van der Waals surface area contributed by atoms with E-state index in [4.69, 9.17) is 0 Å². The summed E-state index contributed by atoms with van der Waals surface area (Å²) >= 11 is 0. The maximum atomic E-state index is 2.26. The first kappa shape index (κ1) is 43.3. The smallest absolute Gasteiger partial charge is 0.00855 e. The summed E-state index contributed by atoms with van der Waals surface area (Å²) in [5.74, 6) is 0. The molecular formula is C62H60. The third kappa shape index (κ3) is 11.5. The maximum absolute atomic E-state index is 2.26. The normalized spacial score (nSPS) is 12.5. The number of hydrogen-bond donors (Lipinski definition) is 0. The quantitative estimate of drug-likeness (QED) is 0.143. The van der Waals surface area contributed by atoms with Gasteiger partial charge in [0.15, 0.2) is 0 Å². The van der Waals surface area contributed by atoms with Gasteiger partial charge in [-0.3, -0.25) is 0 Å². The van der Waals surface area contributed by atoms with Crippen LogP contribution in [0.15, 0.2) is 182 Å². The Morgan fingerprint density at radius 2 is 0.871 bits per heavy atom. The molecule has 0 spiro atoms. The van der Waals surface area contributed by atoms with Crippen molar-refractivity contribution in [2.75, 3.05) is 0 Å². The Hall–Kier alpha value is -6.76. The van der Waals surface area contributed by atoms with Crippen molar-refractivity contribution >= 4 is 45.8 Å². The first-order valence-electron chi connectivity index (χ1n) is 22.1. The van der Waals surface area contributed by atoms with Crippen LogP contribution in [0.5, 0.6) is 0 Å². The monoisotopic (exact) mass is 804 g/mol. The number of aryl methyl sites for hydroxylation is 6. The molecule has 8 aromatic rings. The molecule has 4 aliphatic carbocycles. The minimum Gasteiger partial charge on any atom is -0.0795 e. The predicted molar refractivity (Wildman–Crippen MR) is 273 cm³/mol. The second-order valence-electron chi connectivity index (χ2n) is 16.8. The summed E-state index contributed by atoms with van der Waals surface area (Å²) in [5.41, 5.74) is 19.7. The highest BCUT2D eigenvalue weighted by Gasteiger charge is 2.07. The number of hydrogen-bond acceptors (Lipinski definition) is 0. The fraction of sp³-hybridized carbons (Fsp3) is 0.161. The standard InChI is InChI=1S/2C11H10.4C10H10/c1-9-5-4-7-10-6-2-3-8-11(9)10;1-9-6-7-10-4-2-3-5-11(10)8-9;2*1-8-4-2-5-9-6-3-7-10(8)9;2*1-8-5-6-9-3-2-4-10(9)7-8/h2*2-8H,1H3;2-5,7H,6H2,1H3;2-6H,7H2,1H3;2,4-7H,3H2,1H3;2-3,5-7H,4H2,1H3. The fourth-order valence-electron chi connectivity index (χ4n) is 8.38. The molecule has 0 aliphatic heterocycles. The van der Waals surface area contributed by atoms with Crippen molar-refractivity contribution < 1.29 is 0 Å². The van der Waals surface area contributed by atoms with Gasteiger partial charge in [0.1, 0.15) is 0 Å². The topological polar surface area (TPSA) is 0 Å². The fourth-order valence-corrected chi connectivity index (χ4v) is 8.38. The van der Waals surface area contributed by atoms with Crippen LogP contribution < -0.4 is 0 Å². The molecule has 0 N–H and O–H groups in total. The lowest BCUT2D eigenvalue weighted by Crippen LogP contribution is -1.84. The zero-order valence-corrected chi connectivity index (χ0v) is 37.5. The molecule has 4 aliphatic rings. The van der Waals surface area contributed by atoms with Crippen molar-refractivity contribution in [3.63, 3.8) is 0 Å². The molecule has 0 saturated heterocycles. The average molecular weight is 805 g/mol. The molecule has 0 atom stereocenters. The number of benzene rings is 8. The third-order valence-electron chi connectivity index (χ3n) is 11.9. The van der Waals surface area contributed by atoms with E-state index in [1.165, 1.54) is 99.4 Å². The Labute approximate surface area is 371 Å². The van der Waals surface area contributed by atoms with Gasteiger partial charge in [-0.05, 0) is 150 Å². The summed E-state index contributed by atoms with van der Waals surface area (Å²) in [4.78, 5) is 0. The van der Waals surface area contributed by atoms with Crippen LogP contribution in [-0.4, -0.2) is 0 Å². The van der Waals surface area contributed by atoms with Gasteiger partial charge in [-0.25, -0.2) is 0 Å². The predicted octanol–water partition coefficient (Wildman–Crippen LogP) is 16.6. The molecule has 0 saturated carbocycles. The van der Waals surface area contributed by atoms with Gasteiger partial charge in [0.2, 0.25) is 0 Å². The Morgan fingerprint density at radius 1 is 0.306 bits per heavy atom. The molecule has 0 fully saturated rings. The van der Waals surface area contributed by atoms with Crippen LogP contribution in [0, 0.1) is 41.5 Å². The van der Waals surface area contributed by atoms with Gasteiger partial charge < -0.3 is 0 Å². The van der Waals surface area contributed by atoms with Crippen LogP contribution in [0.3, 0.4) is 0 Å². The van der Waals surface area contributed by atoms with Crippen molar-refractivity contribution in [3.8, 4) is 0 Å². The number of fused-ring (bicyclic) bond motifs is 6. The molecule has 0 nitrogen and oxygen atoms in total. The van der Waals surface area contributed by atoms with E-state index in [0.717, 1.165) is 25.7 Å². The molecule has 0 aromatic heterocycles. The van der Waals surface area contributed by atoms with Gasteiger partial charge in [0.25, 0.3) is 0 Å². The van der Waals surface area contributed by atoms with Gasteiger partial charge >= 0.3 is 0 Å². The third-order valence-corrected chi connectivity index (χ3v) is 11.9. The summed E-state index contributed by atoms with van der Waals surface area (Å²) in [6.45, 7) is 12.9. The second-order valence-corrected chi connectivity index (χ2v) is 16.8. The highest BCUT2D eigenvalue weighted by atomic mass is 14.1. The summed E-state index contributed by atoms with van der Waals surface area (Å²) < 4.78 is 0. The minimum absolute atomic E-state index is 1.12. The van der Waals surface area contributed by atoms with Crippen LogP contribution in [0.25, 0.3) is 45.8 Å². The molecule has 8 aromatic carbocycles. The van der Waals surface area contributed by atoms with Crippen LogP contribution in [0.2, 0.25) is 0 Å². The van der Waals surface area contributed by atoms with Gasteiger partial charge in [-0.15, -0.1) is 0 Å². The lowest BCUT2D eigenvalue weighted by Gasteiger charge is -2.00. The van der Waals surface area contributed by atoms with Crippen molar-refractivity contribution in [2.45, 2.75) is 67.2 Å². The van der Waals surface area contributed by atoms with E-state index in [1.807, 2.05) is 0 Å². The zero-order valence-electron chi connectivity index (χ0n) is 37.5. The van der Waals surface area contributed by atoms with Gasteiger partial charge in [-0.1, -0.05) is 223 Å². The van der Waals surface area contributed by atoms with E-state index in [0.29, 0.717) is 0 Å². The van der Waals surface area contributed by atoms with Crippen molar-refractivity contribution in [1.82, 2.24) is 0 Å². The van der Waals surface area contributed by atoms with E-state index in [2.05, 4.69) is 248 Å². The first-order chi connectivity index (χ1) is 30.2. The highest BCUT2D eigenvalue weighted by Crippen LogP contribution is 2.24. The first-order valence-corrected chi connectivity index (χ1v) is 22.1. The molecule has 12 rings (SSSR count). The Morgan fingerprint density at radius 3 is 1.68 bits per heavy atom. The van der Waals surface area contributed by atoms with Crippen LogP contribution in [0.1, 0.15) is 77.9 Å².